The van der Waals surface area contributed by atoms with Crippen LogP contribution in [0.2, 0.25) is 0 Å². The maximum absolute atomic E-state index is 4.27. The highest BCUT2D eigenvalue weighted by Gasteiger charge is 2.07. The maximum atomic E-state index is 4.27. The summed E-state index contributed by atoms with van der Waals surface area (Å²) in [6, 6.07) is 23.2. The molecule has 126 valence electrons. The fourth-order valence-corrected chi connectivity index (χ4v) is 3.02. The topological polar surface area (TPSA) is 37.8 Å². The number of anilines is 1. The van der Waals surface area contributed by atoms with E-state index in [1.165, 1.54) is 11.1 Å². The summed E-state index contributed by atoms with van der Waals surface area (Å²) >= 11 is 0. The molecule has 2 heterocycles. The Hall–Kier alpha value is -3.46. The third-order valence-corrected chi connectivity index (χ3v) is 4.43. The lowest BCUT2D eigenvalue weighted by molar-refractivity contribution is 1.32. The molecule has 0 spiro atoms. The molecule has 0 atom stereocenters. The molecule has 0 aliphatic carbocycles. The van der Waals surface area contributed by atoms with Gasteiger partial charge in [-0.15, -0.1) is 0 Å². The summed E-state index contributed by atoms with van der Waals surface area (Å²) in [5, 5.41) is 3.16. The smallest absolute Gasteiger partial charge is 0.0346 e. The van der Waals surface area contributed by atoms with Gasteiger partial charge >= 0.3 is 0 Å². The van der Waals surface area contributed by atoms with Crippen molar-refractivity contribution in [3.63, 3.8) is 0 Å². The molecule has 2 aromatic heterocycles. The first-order valence-corrected chi connectivity index (χ1v) is 8.57. The van der Waals surface area contributed by atoms with Crippen LogP contribution in [-0.2, 0) is 0 Å². The largest absolute Gasteiger partial charge is 0.388 e. The highest BCUT2D eigenvalue weighted by Crippen LogP contribution is 2.32. The molecular weight excluding hydrogens is 318 g/mol. The second-order valence-corrected chi connectivity index (χ2v) is 6.11. The van der Waals surface area contributed by atoms with Crippen LogP contribution >= 0.6 is 0 Å². The standard InChI is InChI=1S/C23H19N3/c1-24-23-8-6-17(7-9-23)20-12-21(18-4-2-10-25-15-18)14-22(13-20)19-5-3-11-26-16-19/h2-16,24H,1H3. The number of pyridine rings is 2. The van der Waals surface area contributed by atoms with Gasteiger partial charge in [-0.3, -0.25) is 9.97 Å². The molecule has 0 aliphatic heterocycles. The minimum atomic E-state index is 1.10. The Kier molecular flexibility index (Phi) is 4.44. The lowest BCUT2D eigenvalue weighted by Crippen LogP contribution is -1.89. The average Bonchev–Trinajstić information content (AvgIpc) is 2.75. The van der Waals surface area contributed by atoms with Crippen molar-refractivity contribution in [1.29, 1.82) is 0 Å². The lowest BCUT2D eigenvalue weighted by Gasteiger charge is -2.11. The van der Waals surface area contributed by atoms with Crippen LogP contribution in [0.25, 0.3) is 33.4 Å². The molecular formula is C23H19N3. The highest BCUT2D eigenvalue weighted by molar-refractivity contribution is 5.81. The molecule has 26 heavy (non-hydrogen) atoms. The van der Waals surface area contributed by atoms with E-state index in [-0.39, 0.29) is 0 Å². The summed E-state index contributed by atoms with van der Waals surface area (Å²) in [7, 11) is 1.93. The third-order valence-electron chi connectivity index (χ3n) is 4.43. The Bertz CT molecular complexity index is 937. The van der Waals surface area contributed by atoms with E-state index < -0.39 is 0 Å². The molecule has 0 amide bonds. The minimum absolute atomic E-state index is 1.10. The number of nitrogens with one attached hydrogen (secondary N) is 1. The van der Waals surface area contributed by atoms with Gasteiger partial charge in [0, 0.05) is 48.6 Å². The molecule has 2 aromatic carbocycles. The Morgan fingerprint density at radius 3 is 1.50 bits per heavy atom. The first-order chi connectivity index (χ1) is 12.8. The summed E-state index contributed by atoms with van der Waals surface area (Å²) in [6.45, 7) is 0. The maximum Gasteiger partial charge on any atom is 0.0346 e. The SMILES string of the molecule is CNc1ccc(-c2cc(-c3cccnc3)cc(-c3cccnc3)c2)cc1. The fourth-order valence-electron chi connectivity index (χ4n) is 3.02. The van der Waals surface area contributed by atoms with Crippen molar-refractivity contribution >= 4 is 5.69 Å². The average molecular weight is 337 g/mol. The molecule has 4 aromatic rings. The molecule has 0 radical (unpaired) electrons. The monoisotopic (exact) mass is 337 g/mol. The van der Waals surface area contributed by atoms with Gasteiger partial charge in [-0.05, 0) is 64.7 Å². The number of hydrogen-bond acceptors (Lipinski definition) is 3. The van der Waals surface area contributed by atoms with Gasteiger partial charge in [0.1, 0.15) is 0 Å². The Morgan fingerprint density at radius 1 is 0.577 bits per heavy atom. The van der Waals surface area contributed by atoms with E-state index in [0.29, 0.717) is 0 Å². The van der Waals surface area contributed by atoms with Crippen molar-refractivity contribution in [2.24, 2.45) is 0 Å². The number of benzene rings is 2. The molecule has 3 nitrogen and oxygen atoms in total. The number of nitrogens with zero attached hydrogens (tertiary/aromatic N) is 2. The summed E-state index contributed by atoms with van der Waals surface area (Å²) < 4.78 is 0. The molecule has 3 heteroatoms. The van der Waals surface area contributed by atoms with Gasteiger partial charge in [-0.1, -0.05) is 24.3 Å². The molecule has 0 fully saturated rings. The van der Waals surface area contributed by atoms with Crippen molar-refractivity contribution in [3.05, 3.63) is 91.5 Å². The quantitative estimate of drug-likeness (QED) is 0.533. The second kappa shape index (κ2) is 7.19. The molecule has 4 rings (SSSR count). The van der Waals surface area contributed by atoms with Crippen molar-refractivity contribution in [2.45, 2.75) is 0 Å². The van der Waals surface area contributed by atoms with Gasteiger partial charge in [0.15, 0.2) is 0 Å². The second-order valence-electron chi connectivity index (χ2n) is 6.11. The van der Waals surface area contributed by atoms with E-state index in [9.17, 15) is 0 Å². The summed E-state index contributed by atoms with van der Waals surface area (Å²) in [4.78, 5) is 8.54. The van der Waals surface area contributed by atoms with Gasteiger partial charge in [-0.25, -0.2) is 0 Å². The van der Waals surface area contributed by atoms with Gasteiger partial charge < -0.3 is 5.32 Å². The van der Waals surface area contributed by atoms with Crippen LogP contribution in [0.4, 0.5) is 5.69 Å². The Balaban J connectivity index is 1.87. The summed E-state index contributed by atoms with van der Waals surface area (Å²) in [5.41, 5.74) is 7.95. The van der Waals surface area contributed by atoms with Gasteiger partial charge in [0.05, 0.1) is 0 Å². The van der Waals surface area contributed by atoms with Crippen molar-refractivity contribution in [2.75, 3.05) is 12.4 Å². The number of aromatic nitrogens is 2. The predicted molar refractivity (Wildman–Crippen MR) is 108 cm³/mol. The zero-order chi connectivity index (χ0) is 17.8. The fraction of sp³-hybridized carbons (Fsp3) is 0.0435. The molecule has 0 aliphatic rings. The van der Waals surface area contributed by atoms with Crippen LogP contribution in [0.15, 0.2) is 91.5 Å². The minimum Gasteiger partial charge on any atom is -0.388 e. The van der Waals surface area contributed by atoms with E-state index in [4.69, 9.17) is 0 Å². The van der Waals surface area contributed by atoms with E-state index >= 15 is 0 Å². The molecule has 0 unspecified atom stereocenters. The number of rotatable bonds is 4. The zero-order valence-corrected chi connectivity index (χ0v) is 14.6. The molecule has 1 N–H and O–H groups in total. The first kappa shape index (κ1) is 16.0. The van der Waals surface area contributed by atoms with Crippen molar-refractivity contribution in [3.8, 4) is 33.4 Å². The summed E-state index contributed by atoms with van der Waals surface area (Å²) in [6.07, 6.45) is 7.39. The van der Waals surface area contributed by atoms with Crippen LogP contribution in [-0.4, -0.2) is 17.0 Å². The highest BCUT2D eigenvalue weighted by atomic mass is 14.8. The van der Waals surface area contributed by atoms with E-state index in [2.05, 4.69) is 69.9 Å². The van der Waals surface area contributed by atoms with E-state index in [1.54, 1.807) is 12.4 Å². The van der Waals surface area contributed by atoms with Crippen LogP contribution < -0.4 is 5.32 Å². The van der Waals surface area contributed by atoms with Crippen molar-refractivity contribution in [1.82, 2.24) is 9.97 Å². The molecule has 0 saturated carbocycles. The zero-order valence-electron chi connectivity index (χ0n) is 14.6. The number of hydrogen-bond donors (Lipinski definition) is 1. The van der Waals surface area contributed by atoms with Crippen LogP contribution in [0.5, 0.6) is 0 Å². The van der Waals surface area contributed by atoms with Crippen LogP contribution in [0, 0.1) is 0 Å². The van der Waals surface area contributed by atoms with E-state index in [1.807, 2.05) is 31.6 Å². The van der Waals surface area contributed by atoms with Crippen molar-refractivity contribution < 1.29 is 0 Å². The van der Waals surface area contributed by atoms with Gasteiger partial charge in [0.25, 0.3) is 0 Å². The van der Waals surface area contributed by atoms with E-state index in [0.717, 1.165) is 27.9 Å². The third kappa shape index (κ3) is 3.33. The lowest BCUT2D eigenvalue weighted by atomic mass is 9.94. The molecule has 0 saturated heterocycles. The Morgan fingerprint density at radius 2 is 1.08 bits per heavy atom. The van der Waals surface area contributed by atoms with Gasteiger partial charge in [-0.2, -0.15) is 0 Å². The predicted octanol–water partition coefficient (Wildman–Crippen LogP) is 5.52. The Labute approximate surface area is 153 Å². The summed E-state index contributed by atoms with van der Waals surface area (Å²) in [5.74, 6) is 0. The molecule has 0 bridgehead atoms. The first-order valence-electron chi connectivity index (χ1n) is 8.57. The normalized spacial score (nSPS) is 10.5. The van der Waals surface area contributed by atoms with Crippen LogP contribution in [0.1, 0.15) is 0 Å². The van der Waals surface area contributed by atoms with Gasteiger partial charge in [0.2, 0.25) is 0 Å². The van der Waals surface area contributed by atoms with Crippen LogP contribution in [0.3, 0.4) is 0 Å².